The van der Waals surface area contributed by atoms with Gasteiger partial charge in [0.05, 0.1) is 56.4 Å². The number of hydrogen-bond acceptors (Lipinski definition) is 2. The van der Waals surface area contributed by atoms with Crippen molar-refractivity contribution in [2.45, 2.75) is 19.4 Å². The first-order valence-electron chi connectivity index (χ1n) is 5.59. The number of nitrogens with zero attached hydrogens (tertiary/aromatic N) is 2. The molecule has 0 aromatic heterocycles. The molecule has 0 N–H and O–H groups in total. The van der Waals surface area contributed by atoms with Crippen LogP contribution in [0.15, 0.2) is 0 Å². The van der Waals surface area contributed by atoms with Crippen LogP contribution in [0.4, 0.5) is 0 Å². The lowest BCUT2D eigenvalue weighted by atomic mass is 10.3. The van der Waals surface area contributed by atoms with E-state index in [9.17, 15) is 10.2 Å². The Morgan fingerprint density at radius 3 is 1.00 bits per heavy atom. The van der Waals surface area contributed by atoms with Crippen molar-refractivity contribution in [3.63, 3.8) is 0 Å². The first-order valence-corrected chi connectivity index (χ1v) is 5.59. The van der Waals surface area contributed by atoms with E-state index in [4.69, 9.17) is 0 Å². The predicted octanol–water partition coefficient (Wildman–Crippen LogP) is -0.870. The first-order chi connectivity index (χ1) is 6.77. The highest BCUT2D eigenvalue weighted by Gasteiger charge is 1.88. The maximum Gasteiger partial charge on any atom is 0.0675 e. The van der Waals surface area contributed by atoms with Crippen molar-refractivity contribution in [3.05, 3.63) is 0 Å². The molecule has 16 heavy (non-hydrogen) atoms. The summed E-state index contributed by atoms with van der Waals surface area (Å²) in [5.41, 5.74) is 0. The van der Waals surface area contributed by atoms with E-state index in [2.05, 4.69) is 56.4 Å². The lowest BCUT2D eigenvalue weighted by molar-refractivity contribution is -0.849. The fourth-order valence-corrected chi connectivity index (χ4v) is 0.166. The van der Waals surface area contributed by atoms with Crippen molar-refractivity contribution >= 4 is 0 Å². The Morgan fingerprint density at radius 1 is 0.812 bits per heavy atom. The lowest BCUT2D eigenvalue weighted by Crippen LogP contribution is -2.27. The second-order valence-corrected chi connectivity index (χ2v) is 6.67. The normalized spacial score (nSPS) is 12.9. The summed E-state index contributed by atoms with van der Waals surface area (Å²) in [6.45, 7) is 1.27. The monoisotopic (exact) mass is 236 g/mol. The van der Waals surface area contributed by atoms with Gasteiger partial charge in [0.15, 0.2) is 0 Å². The Labute approximate surface area is 102 Å². The molecule has 0 aliphatic heterocycles. The SMILES string of the molecule is CC([O-])CC[O-].C[N+](C)(C)C.C[N+](C)(C)C. The molecular formula is C12H32N2O2. The summed E-state index contributed by atoms with van der Waals surface area (Å²) < 4.78 is 2.00. The van der Waals surface area contributed by atoms with Crippen LogP contribution in [-0.4, -0.2) is 78.1 Å². The van der Waals surface area contributed by atoms with Crippen LogP contribution in [0.3, 0.4) is 0 Å². The molecule has 0 radical (unpaired) electrons. The molecule has 102 valence electrons. The highest BCUT2D eigenvalue weighted by Crippen LogP contribution is 1.76. The minimum Gasteiger partial charge on any atom is -0.854 e. The predicted molar refractivity (Wildman–Crippen MR) is 66.9 cm³/mol. The van der Waals surface area contributed by atoms with E-state index in [-0.39, 0.29) is 13.0 Å². The van der Waals surface area contributed by atoms with Crippen LogP contribution in [-0.2, 0) is 0 Å². The Balaban J connectivity index is -0.000000160. The molecule has 0 saturated heterocycles. The molecule has 1 unspecified atom stereocenters. The van der Waals surface area contributed by atoms with Crippen LogP contribution in [0, 0.1) is 0 Å². The topological polar surface area (TPSA) is 46.1 Å². The Hall–Kier alpha value is -0.160. The van der Waals surface area contributed by atoms with E-state index in [1.807, 2.05) is 0 Å². The highest BCUT2D eigenvalue weighted by atomic mass is 16.3. The third kappa shape index (κ3) is 283. The van der Waals surface area contributed by atoms with E-state index in [0.29, 0.717) is 0 Å². The third-order valence-corrected chi connectivity index (χ3v) is 0.524. The third-order valence-electron chi connectivity index (χ3n) is 0.524. The quantitative estimate of drug-likeness (QED) is 0.585. The average Bonchev–Trinajstić information content (AvgIpc) is 1.76. The fourth-order valence-electron chi connectivity index (χ4n) is 0.166. The molecule has 0 fully saturated rings. The van der Waals surface area contributed by atoms with Crippen LogP contribution >= 0.6 is 0 Å². The molecule has 1 atom stereocenters. The largest absolute Gasteiger partial charge is 0.854 e. The number of quaternary nitrogens is 2. The zero-order chi connectivity index (χ0) is 14.0. The van der Waals surface area contributed by atoms with Crippen molar-refractivity contribution in [2.24, 2.45) is 0 Å². The first kappa shape index (κ1) is 21.2. The van der Waals surface area contributed by atoms with E-state index < -0.39 is 6.10 Å². The van der Waals surface area contributed by atoms with E-state index in [1.54, 1.807) is 0 Å². The second-order valence-electron chi connectivity index (χ2n) is 6.67. The van der Waals surface area contributed by atoms with Gasteiger partial charge in [0, 0.05) is 0 Å². The molecule has 4 nitrogen and oxygen atoms in total. The van der Waals surface area contributed by atoms with Crippen molar-refractivity contribution in [2.75, 3.05) is 63.0 Å². The maximum atomic E-state index is 9.93. The Bertz CT molecular complexity index is 111. The van der Waals surface area contributed by atoms with E-state index in [0.717, 1.165) is 8.97 Å². The van der Waals surface area contributed by atoms with Crippen LogP contribution in [0.25, 0.3) is 0 Å². The van der Waals surface area contributed by atoms with Crippen LogP contribution in [0.2, 0.25) is 0 Å². The van der Waals surface area contributed by atoms with Gasteiger partial charge in [-0.2, -0.15) is 0 Å². The van der Waals surface area contributed by atoms with Crippen molar-refractivity contribution in [1.29, 1.82) is 0 Å². The average molecular weight is 236 g/mol. The summed E-state index contributed by atoms with van der Waals surface area (Å²) in [5, 5.41) is 19.5. The van der Waals surface area contributed by atoms with Gasteiger partial charge in [0.1, 0.15) is 0 Å². The van der Waals surface area contributed by atoms with Gasteiger partial charge in [-0.1, -0.05) is 13.3 Å². The maximum absolute atomic E-state index is 9.93. The molecule has 0 heterocycles. The lowest BCUT2D eigenvalue weighted by Gasteiger charge is -2.16. The molecule has 0 amide bonds. The molecule has 0 aromatic carbocycles. The minimum atomic E-state index is -0.664. The van der Waals surface area contributed by atoms with Gasteiger partial charge in [0.2, 0.25) is 0 Å². The van der Waals surface area contributed by atoms with E-state index >= 15 is 0 Å². The van der Waals surface area contributed by atoms with Crippen molar-refractivity contribution < 1.29 is 19.2 Å². The second kappa shape index (κ2) is 10.0. The molecule has 0 aromatic rings. The van der Waals surface area contributed by atoms with Crippen LogP contribution < -0.4 is 10.2 Å². The molecule has 0 rings (SSSR count). The molecule has 0 bridgehead atoms. The van der Waals surface area contributed by atoms with Gasteiger partial charge in [-0.15, -0.1) is 12.7 Å². The molecule has 4 heteroatoms. The highest BCUT2D eigenvalue weighted by molar-refractivity contribution is 4.37. The fraction of sp³-hybridized carbons (Fsp3) is 1.00. The van der Waals surface area contributed by atoms with Crippen molar-refractivity contribution in [1.82, 2.24) is 0 Å². The molecule has 0 saturated carbocycles. The Morgan fingerprint density at radius 2 is 1.00 bits per heavy atom. The summed E-state index contributed by atoms with van der Waals surface area (Å²) in [6, 6.07) is 0. The van der Waals surface area contributed by atoms with Gasteiger partial charge >= 0.3 is 0 Å². The smallest absolute Gasteiger partial charge is 0.0675 e. The minimum absolute atomic E-state index is 0.231. The van der Waals surface area contributed by atoms with Gasteiger partial charge in [-0.3, -0.25) is 0 Å². The Kier molecular flexibility index (Phi) is 13.3. The zero-order valence-corrected chi connectivity index (χ0v) is 12.7. The van der Waals surface area contributed by atoms with Gasteiger partial charge < -0.3 is 19.2 Å². The van der Waals surface area contributed by atoms with E-state index in [1.165, 1.54) is 6.92 Å². The van der Waals surface area contributed by atoms with Gasteiger partial charge in [-0.05, 0) is 0 Å². The zero-order valence-electron chi connectivity index (χ0n) is 12.7. The van der Waals surface area contributed by atoms with Crippen molar-refractivity contribution in [3.8, 4) is 0 Å². The molecule has 0 aliphatic carbocycles. The molecule has 0 aliphatic rings. The van der Waals surface area contributed by atoms with Gasteiger partial charge in [0.25, 0.3) is 0 Å². The summed E-state index contributed by atoms with van der Waals surface area (Å²) in [7, 11) is 17.0. The number of rotatable bonds is 2. The summed E-state index contributed by atoms with van der Waals surface area (Å²) >= 11 is 0. The summed E-state index contributed by atoms with van der Waals surface area (Å²) in [4.78, 5) is 0. The molecular weight excluding hydrogens is 204 g/mol. The van der Waals surface area contributed by atoms with Crippen LogP contribution in [0.5, 0.6) is 0 Å². The van der Waals surface area contributed by atoms with Gasteiger partial charge in [-0.25, -0.2) is 0 Å². The molecule has 0 spiro atoms. The number of hydrogen-bond donors (Lipinski definition) is 0. The summed E-state index contributed by atoms with van der Waals surface area (Å²) in [6.07, 6.45) is -0.400. The standard InChI is InChI=1S/2C4H12N.C4H8O2/c2*1-5(2,3)4;1-4(6)2-3-5/h2*1-4H3;4H,2-3H2,1H3/q2*+1;-2. The van der Waals surface area contributed by atoms with Crippen LogP contribution in [0.1, 0.15) is 13.3 Å². The summed E-state index contributed by atoms with van der Waals surface area (Å²) in [5.74, 6) is 0.